The van der Waals surface area contributed by atoms with Crippen LogP contribution in [0.25, 0.3) is 10.9 Å². The normalized spacial score (nSPS) is 10.7. The number of carbonyl (C=O) groups is 1. The van der Waals surface area contributed by atoms with Gasteiger partial charge in [0.2, 0.25) is 0 Å². The second kappa shape index (κ2) is 9.23. The van der Waals surface area contributed by atoms with Crippen LogP contribution in [0.15, 0.2) is 91.1 Å². The van der Waals surface area contributed by atoms with Crippen molar-refractivity contribution in [1.82, 2.24) is 4.98 Å². The van der Waals surface area contributed by atoms with Crippen LogP contribution < -0.4 is 10.2 Å². The molecule has 150 valence electrons. The summed E-state index contributed by atoms with van der Waals surface area (Å²) in [5, 5.41) is 4.00. The Labute approximate surface area is 177 Å². The number of aryl methyl sites for hydroxylation is 1. The summed E-state index contributed by atoms with van der Waals surface area (Å²) in [5.74, 6) is -0.127. The van der Waals surface area contributed by atoms with Crippen LogP contribution in [-0.2, 0) is 6.42 Å². The molecule has 0 aliphatic heterocycles. The van der Waals surface area contributed by atoms with E-state index in [9.17, 15) is 4.79 Å². The largest absolute Gasteiger partial charge is 0.374 e. The molecular formula is C26H25N3O. The summed E-state index contributed by atoms with van der Waals surface area (Å²) in [6.45, 7) is 0.872. The molecule has 4 aromatic rings. The molecule has 0 unspecified atom stereocenters. The molecule has 0 fully saturated rings. The number of aromatic nitrogens is 1. The molecule has 1 amide bonds. The first-order valence-electron chi connectivity index (χ1n) is 10.2. The zero-order valence-electron chi connectivity index (χ0n) is 17.1. The van der Waals surface area contributed by atoms with Crippen molar-refractivity contribution >= 4 is 28.2 Å². The molecule has 0 spiro atoms. The van der Waals surface area contributed by atoms with E-state index in [0.29, 0.717) is 11.3 Å². The van der Waals surface area contributed by atoms with Gasteiger partial charge in [0.25, 0.3) is 5.91 Å². The highest BCUT2D eigenvalue weighted by atomic mass is 16.1. The predicted octanol–water partition coefficient (Wildman–Crippen LogP) is 5.56. The van der Waals surface area contributed by atoms with E-state index >= 15 is 0 Å². The predicted molar refractivity (Wildman–Crippen MR) is 124 cm³/mol. The summed E-state index contributed by atoms with van der Waals surface area (Å²) < 4.78 is 0. The Hall–Kier alpha value is -3.66. The first-order valence-corrected chi connectivity index (χ1v) is 10.2. The minimum Gasteiger partial charge on any atom is -0.374 e. The average Bonchev–Trinajstić information content (AvgIpc) is 2.79. The van der Waals surface area contributed by atoms with Gasteiger partial charge in [0.15, 0.2) is 0 Å². The summed E-state index contributed by atoms with van der Waals surface area (Å²) in [6.07, 6.45) is 3.74. The fourth-order valence-corrected chi connectivity index (χ4v) is 3.62. The van der Waals surface area contributed by atoms with Crippen LogP contribution in [0.2, 0.25) is 0 Å². The third-order valence-corrected chi connectivity index (χ3v) is 5.21. The van der Waals surface area contributed by atoms with Crippen LogP contribution in [0, 0.1) is 0 Å². The van der Waals surface area contributed by atoms with Gasteiger partial charge in [0.1, 0.15) is 0 Å². The fourth-order valence-electron chi connectivity index (χ4n) is 3.62. The molecule has 4 rings (SSSR count). The molecule has 1 N–H and O–H groups in total. The quantitative estimate of drug-likeness (QED) is 0.446. The van der Waals surface area contributed by atoms with E-state index in [-0.39, 0.29) is 5.91 Å². The number of fused-ring (bicyclic) bond motifs is 1. The number of rotatable bonds is 7. The number of hydrogen-bond donors (Lipinski definition) is 1. The number of hydrogen-bond acceptors (Lipinski definition) is 3. The third kappa shape index (κ3) is 4.66. The van der Waals surface area contributed by atoms with E-state index in [0.717, 1.165) is 36.0 Å². The molecule has 4 heteroatoms. The van der Waals surface area contributed by atoms with Crippen molar-refractivity contribution in [2.24, 2.45) is 0 Å². The molecule has 0 saturated carbocycles. The summed E-state index contributed by atoms with van der Waals surface area (Å²) in [6, 6.07) is 28.0. The van der Waals surface area contributed by atoms with Crippen molar-refractivity contribution in [1.29, 1.82) is 0 Å². The molecule has 0 radical (unpaired) electrons. The molecule has 0 saturated heterocycles. The molecule has 30 heavy (non-hydrogen) atoms. The number of para-hydroxylation sites is 2. The number of carbonyl (C=O) groups excluding carboxylic acids is 1. The van der Waals surface area contributed by atoms with Crippen LogP contribution >= 0.6 is 0 Å². The van der Waals surface area contributed by atoms with E-state index in [1.54, 1.807) is 6.20 Å². The summed E-state index contributed by atoms with van der Waals surface area (Å²) >= 11 is 0. The van der Waals surface area contributed by atoms with Crippen LogP contribution in [0.5, 0.6) is 0 Å². The Morgan fingerprint density at radius 2 is 1.67 bits per heavy atom. The van der Waals surface area contributed by atoms with E-state index in [2.05, 4.69) is 39.5 Å². The lowest BCUT2D eigenvalue weighted by Crippen LogP contribution is -2.23. The van der Waals surface area contributed by atoms with Gasteiger partial charge < -0.3 is 10.2 Å². The highest BCUT2D eigenvalue weighted by Crippen LogP contribution is 2.22. The standard InChI is InChI=1S/C26H25N3O/c1-29(17-9-12-20-10-3-2-4-11-20)25-16-8-6-14-23(25)26(30)28-22-18-21-13-5-7-15-24(21)27-19-22/h2-8,10-11,13-16,18-19H,9,12,17H2,1H3,(H,28,30). The lowest BCUT2D eigenvalue weighted by atomic mass is 10.1. The van der Waals surface area contributed by atoms with Crippen molar-refractivity contribution in [3.05, 3.63) is 102 Å². The van der Waals surface area contributed by atoms with Gasteiger partial charge in [0.05, 0.1) is 23.0 Å². The van der Waals surface area contributed by atoms with Crippen molar-refractivity contribution in [2.75, 3.05) is 23.8 Å². The topological polar surface area (TPSA) is 45.2 Å². The maximum Gasteiger partial charge on any atom is 0.257 e. The first kappa shape index (κ1) is 19.6. The number of amides is 1. The number of anilines is 2. The molecule has 3 aromatic carbocycles. The van der Waals surface area contributed by atoms with Gasteiger partial charge in [-0.05, 0) is 42.7 Å². The Morgan fingerprint density at radius 1 is 0.933 bits per heavy atom. The Bertz CT molecular complexity index is 1140. The Morgan fingerprint density at radius 3 is 2.53 bits per heavy atom. The number of benzene rings is 3. The second-order valence-electron chi connectivity index (χ2n) is 7.40. The second-order valence-corrected chi connectivity index (χ2v) is 7.40. The highest BCUT2D eigenvalue weighted by Gasteiger charge is 2.14. The van der Waals surface area contributed by atoms with Crippen molar-refractivity contribution in [2.45, 2.75) is 12.8 Å². The van der Waals surface area contributed by atoms with Gasteiger partial charge in [-0.3, -0.25) is 9.78 Å². The summed E-state index contributed by atoms with van der Waals surface area (Å²) in [4.78, 5) is 19.6. The minimum absolute atomic E-state index is 0.127. The van der Waals surface area contributed by atoms with Gasteiger partial charge >= 0.3 is 0 Å². The van der Waals surface area contributed by atoms with Crippen LogP contribution in [-0.4, -0.2) is 24.5 Å². The third-order valence-electron chi connectivity index (χ3n) is 5.21. The van der Waals surface area contributed by atoms with E-state index in [1.807, 2.05) is 67.7 Å². The molecule has 0 aliphatic rings. The molecule has 0 atom stereocenters. The van der Waals surface area contributed by atoms with Crippen LogP contribution in [0.1, 0.15) is 22.3 Å². The zero-order chi connectivity index (χ0) is 20.8. The fraction of sp³-hybridized carbons (Fsp3) is 0.154. The van der Waals surface area contributed by atoms with E-state index in [4.69, 9.17) is 0 Å². The SMILES string of the molecule is CN(CCCc1ccccc1)c1ccccc1C(=O)Nc1cnc2ccccc2c1. The van der Waals surface area contributed by atoms with E-state index in [1.165, 1.54) is 5.56 Å². The molecule has 0 bridgehead atoms. The van der Waals surface area contributed by atoms with Gasteiger partial charge in [0, 0.05) is 24.7 Å². The monoisotopic (exact) mass is 395 g/mol. The lowest BCUT2D eigenvalue weighted by molar-refractivity contribution is 0.102. The molecule has 0 aliphatic carbocycles. The Kier molecular flexibility index (Phi) is 6.04. The van der Waals surface area contributed by atoms with Crippen LogP contribution in [0.3, 0.4) is 0 Å². The highest BCUT2D eigenvalue weighted by molar-refractivity contribution is 6.08. The minimum atomic E-state index is -0.127. The number of nitrogens with zero attached hydrogens (tertiary/aromatic N) is 2. The number of nitrogens with one attached hydrogen (secondary N) is 1. The van der Waals surface area contributed by atoms with Gasteiger partial charge in [-0.25, -0.2) is 0 Å². The van der Waals surface area contributed by atoms with E-state index < -0.39 is 0 Å². The Balaban J connectivity index is 1.45. The first-order chi connectivity index (χ1) is 14.7. The maximum atomic E-state index is 13.0. The van der Waals surface area contributed by atoms with Gasteiger partial charge in [-0.2, -0.15) is 0 Å². The van der Waals surface area contributed by atoms with Crippen molar-refractivity contribution < 1.29 is 4.79 Å². The molecular weight excluding hydrogens is 370 g/mol. The summed E-state index contributed by atoms with van der Waals surface area (Å²) in [5.41, 5.74) is 4.53. The molecule has 4 nitrogen and oxygen atoms in total. The van der Waals surface area contributed by atoms with Crippen LogP contribution in [0.4, 0.5) is 11.4 Å². The molecule has 1 aromatic heterocycles. The van der Waals surface area contributed by atoms with Gasteiger partial charge in [-0.1, -0.05) is 60.7 Å². The smallest absolute Gasteiger partial charge is 0.257 e. The number of pyridine rings is 1. The summed E-state index contributed by atoms with van der Waals surface area (Å²) in [7, 11) is 2.04. The zero-order valence-corrected chi connectivity index (χ0v) is 17.1. The maximum absolute atomic E-state index is 13.0. The van der Waals surface area contributed by atoms with Gasteiger partial charge in [-0.15, -0.1) is 0 Å². The van der Waals surface area contributed by atoms with Crippen molar-refractivity contribution in [3.8, 4) is 0 Å². The molecule has 1 heterocycles. The lowest BCUT2D eigenvalue weighted by Gasteiger charge is -2.22. The van der Waals surface area contributed by atoms with Crippen molar-refractivity contribution in [3.63, 3.8) is 0 Å². The average molecular weight is 396 g/mol.